The van der Waals surface area contributed by atoms with E-state index in [1.807, 2.05) is 21.1 Å². The molecule has 33 heavy (non-hydrogen) atoms. The van der Waals surface area contributed by atoms with Crippen molar-refractivity contribution in [1.29, 1.82) is 0 Å². The van der Waals surface area contributed by atoms with E-state index in [1.54, 1.807) is 0 Å². The van der Waals surface area contributed by atoms with Crippen LogP contribution in [-0.2, 0) is 19.1 Å². The minimum atomic E-state index is -0.405. The Morgan fingerprint density at radius 1 is 0.727 bits per heavy atom. The summed E-state index contributed by atoms with van der Waals surface area (Å²) in [6.07, 6.45) is 20.8. The maximum atomic E-state index is 12.3. The van der Waals surface area contributed by atoms with Gasteiger partial charge >= 0.3 is 11.9 Å². The van der Waals surface area contributed by atoms with Crippen molar-refractivity contribution in [3.63, 3.8) is 0 Å². The summed E-state index contributed by atoms with van der Waals surface area (Å²) >= 11 is 0. The highest BCUT2D eigenvalue weighted by Gasteiger charge is 2.23. The van der Waals surface area contributed by atoms with Crippen LogP contribution in [0.2, 0.25) is 0 Å². The van der Waals surface area contributed by atoms with Gasteiger partial charge in [-0.3, -0.25) is 9.59 Å². The normalized spacial score (nSPS) is 12.6. The Morgan fingerprint density at radius 3 is 1.76 bits per heavy atom. The number of quaternary nitrogens is 1. The lowest BCUT2D eigenvalue weighted by Gasteiger charge is -2.28. The van der Waals surface area contributed by atoms with Gasteiger partial charge in [0.05, 0.1) is 21.1 Å². The fraction of sp³-hybridized carbons (Fsp3) is 0.778. The van der Waals surface area contributed by atoms with Gasteiger partial charge in [0.15, 0.2) is 6.10 Å². The molecule has 0 spiro atoms. The van der Waals surface area contributed by atoms with Crippen LogP contribution in [-0.4, -0.2) is 56.8 Å². The minimum Gasteiger partial charge on any atom is -1.00 e. The quantitative estimate of drug-likeness (QED) is 0.104. The van der Waals surface area contributed by atoms with Gasteiger partial charge in [-0.2, -0.15) is 0 Å². The van der Waals surface area contributed by atoms with Crippen molar-refractivity contribution in [2.45, 2.75) is 103 Å². The molecule has 0 saturated heterocycles. The molecule has 0 aromatic heterocycles. The molecule has 194 valence electrons. The highest BCUT2D eigenvalue weighted by atomic mass is 79.9. The summed E-state index contributed by atoms with van der Waals surface area (Å²) in [7, 11) is 6.12. The molecule has 0 saturated carbocycles. The van der Waals surface area contributed by atoms with Gasteiger partial charge in [-0.05, 0) is 51.4 Å². The zero-order valence-electron chi connectivity index (χ0n) is 22.0. The summed E-state index contributed by atoms with van der Waals surface area (Å²) in [6.45, 7) is 5.11. The van der Waals surface area contributed by atoms with Crippen LogP contribution >= 0.6 is 0 Å². The van der Waals surface area contributed by atoms with Gasteiger partial charge in [-0.25, -0.2) is 0 Å². The molecule has 6 heteroatoms. The van der Waals surface area contributed by atoms with Crippen molar-refractivity contribution in [1.82, 2.24) is 0 Å². The predicted octanol–water partition coefficient (Wildman–Crippen LogP) is 3.38. The third-order valence-electron chi connectivity index (χ3n) is 5.00. The molecule has 0 aromatic rings. The Morgan fingerprint density at radius 2 is 1.24 bits per heavy atom. The fourth-order valence-electron chi connectivity index (χ4n) is 3.26. The Hall–Kier alpha value is -1.14. The van der Waals surface area contributed by atoms with Gasteiger partial charge in [0.1, 0.15) is 13.2 Å². The Balaban J connectivity index is 0. The number of carbonyl (C=O) groups is 2. The molecule has 0 amide bonds. The van der Waals surface area contributed by atoms with Crippen LogP contribution < -0.4 is 17.0 Å². The van der Waals surface area contributed by atoms with E-state index < -0.39 is 6.10 Å². The lowest BCUT2D eigenvalue weighted by Crippen LogP contribution is -3.00. The van der Waals surface area contributed by atoms with Crippen LogP contribution in [0, 0.1) is 0 Å². The lowest BCUT2D eigenvalue weighted by molar-refractivity contribution is -0.873. The largest absolute Gasteiger partial charge is 1.00 e. The topological polar surface area (TPSA) is 52.6 Å². The maximum Gasteiger partial charge on any atom is 0.306 e. The van der Waals surface area contributed by atoms with Gasteiger partial charge in [-0.15, -0.1) is 0 Å². The van der Waals surface area contributed by atoms with Crippen molar-refractivity contribution >= 4 is 11.9 Å². The van der Waals surface area contributed by atoms with E-state index in [9.17, 15) is 9.59 Å². The molecule has 5 nitrogen and oxygen atoms in total. The van der Waals surface area contributed by atoms with E-state index in [0.29, 0.717) is 23.9 Å². The smallest absolute Gasteiger partial charge is 0.306 e. The highest BCUT2D eigenvalue weighted by molar-refractivity contribution is 5.70. The first kappa shape index (κ1) is 34.0. The molecular weight excluding hydrogens is 482 g/mol. The fourth-order valence-corrected chi connectivity index (χ4v) is 3.26. The molecule has 0 aliphatic heterocycles. The average molecular weight is 533 g/mol. The third kappa shape index (κ3) is 25.3. The summed E-state index contributed by atoms with van der Waals surface area (Å²) < 4.78 is 11.7. The van der Waals surface area contributed by atoms with E-state index in [-0.39, 0.29) is 35.5 Å². The highest BCUT2D eigenvalue weighted by Crippen LogP contribution is 2.09. The number of rotatable bonds is 20. The summed E-state index contributed by atoms with van der Waals surface area (Å²) in [5.41, 5.74) is 0. The molecule has 1 unspecified atom stereocenters. The van der Waals surface area contributed by atoms with Gasteiger partial charge in [0.2, 0.25) is 0 Å². The van der Waals surface area contributed by atoms with Crippen molar-refractivity contribution < 1.29 is 40.5 Å². The number of allylic oxidation sites excluding steroid dienone is 4. The minimum absolute atomic E-state index is 0. The van der Waals surface area contributed by atoms with E-state index in [4.69, 9.17) is 9.47 Å². The number of likely N-dealkylation sites (N-methyl/N-ethyl adjacent to an activating group) is 1. The van der Waals surface area contributed by atoms with Gasteiger partial charge in [-0.1, -0.05) is 57.4 Å². The molecule has 0 bridgehead atoms. The van der Waals surface area contributed by atoms with Gasteiger partial charge in [0, 0.05) is 12.8 Å². The zero-order valence-corrected chi connectivity index (χ0v) is 23.5. The molecule has 0 aromatic carbocycles. The van der Waals surface area contributed by atoms with Crippen LogP contribution in [0.3, 0.4) is 0 Å². The molecule has 0 rings (SSSR count). The first-order chi connectivity index (χ1) is 15.3. The summed E-state index contributed by atoms with van der Waals surface area (Å²) in [6, 6.07) is 0. The SMILES string of the molecule is CCC/C=C/CCCCC(=O)OC(COC(=O)CCCC/C=C/CCCC)C[N+](C)(C)C.[Br-]. The van der Waals surface area contributed by atoms with E-state index in [0.717, 1.165) is 57.8 Å². The standard InChI is InChI=1S/C27H50NO4.BrH/c1-6-8-10-12-14-16-17-19-21-26(29)31-24-25(23-28(3,4)5)32-27(30)22-20-18-15-13-11-9-7-2;/h11-14,25H,6-10,15-24H2,1-5H3;1H/q+1;/p-1/b13-11+,14-12+;. The van der Waals surface area contributed by atoms with Crippen LogP contribution in [0.4, 0.5) is 0 Å². The maximum absolute atomic E-state index is 12.3. The summed E-state index contributed by atoms with van der Waals surface area (Å²) in [5, 5.41) is 0. The zero-order chi connectivity index (χ0) is 24.1. The molecule has 0 heterocycles. The number of halogens is 1. The number of hydrogen-bond acceptors (Lipinski definition) is 4. The average Bonchev–Trinajstić information content (AvgIpc) is 2.72. The number of nitrogens with zero attached hydrogens (tertiary/aromatic N) is 1. The van der Waals surface area contributed by atoms with Crippen LogP contribution in [0.1, 0.15) is 97.3 Å². The Labute approximate surface area is 214 Å². The van der Waals surface area contributed by atoms with Crippen LogP contribution in [0.15, 0.2) is 24.3 Å². The molecule has 0 aliphatic rings. The number of ether oxygens (including phenoxy) is 2. The molecule has 0 radical (unpaired) electrons. The van der Waals surface area contributed by atoms with Crippen molar-refractivity contribution in [2.24, 2.45) is 0 Å². The molecule has 0 aliphatic carbocycles. The van der Waals surface area contributed by atoms with Crippen molar-refractivity contribution in [3.8, 4) is 0 Å². The van der Waals surface area contributed by atoms with Gasteiger partial charge in [0.25, 0.3) is 0 Å². The van der Waals surface area contributed by atoms with Crippen molar-refractivity contribution in [3.05, 3.63) is 24.3 Å². The second kappa shape index (κ2) is 22.6. The third-order valence-corrected chi connectivity index (χ3v) is 5.00. The lowest BCUT2D eigenvalue weighted by atomic mass is 10.1. The Kier molecular flexibility index (Phi) is 23.3. The van der Waals surface area contributed by atoms with E-state index in [2.05, 4.69) is 38.2 Å². The number of carbonyl (C=O) groups excluding carboxylic acids is 2. The number of esters is 2. The summed E-state index contributed by atoms with van der Waals surface area (Å²) in [4.78, 5) is 24.4. The first-order valence-electron chi connectivity index (χ1n) is 12.7. The van der Waals surface area contributed by atoms with Crippen molar-refractivity contribution in [2.75, 3.05) is 34.3 Å². The molecule has 0 fully saturated rings. The van der Waals surface area contributed by atoms with E-state index in [1.165, 1.54) is 12.8 Å². The Bertz CT molecular complexity index is 541. The monoisotopic (exact) mass is 531 g/mol. The number of unbranched alkanes of at least 4 members (excludes halogenated alkanes) is 7. The van der Waals surface area contributed by atoms with E-state index >= 15 is 0 Å². The molecule has 1 atom stereocenters. The van der Waals surface area contributed by atoms with Gasteiger partial charge < -0.3 is 30.9 Å². The second-order valence-corrected chi connectivity index (χ2v) is 9.63. The van der Waals surface area contributed by atoms with Crippen LogP contribution in [0.25, 0.3) is 0 Å². The number of hydrogen-bond donors (Lipinski definition) is 0. The summed E-state index contributed by atoms with van der Waals surface area (Å²) in [5.74, 6) is -0.409. The van der Waals surface area contributed by atoms with Crippen LogP contribution in [0.5, 0.6) is 0 Å². The second-order valence-electron chi connectivity index (χ2n) is 9.63. The molecular formula is C27H50BrNO4. The first-order valence-corrected chi connectivity index (χ1v) is 12.7. The molecule has 0 N–H and O–H groups in total. The predicted molar refractivity (Wildman–Crippen MR) is 133 cm³/mol.